The number of rotatable bonds is 7. The molecule has 0 radical (unpaired) electrons. The van der Waals surface area contributed by atoms with Gasteiger partial charge >= 0.3 is 0 Å². The number of carbonyl (C=O) groups excluding carboxylic acids is 1. The van der Waals surface area contributed by atoms with Crippen molar-refractivity contribution in [3.63, 3.8) is 0 Å². The minimum atomic E-state index is -0.0810. The minimum Gasteiger partial charge on any atom is -0.351 e. The van der Waals surface area contributed by atoms with Crippen molar-refractivity contribution >= 4 is 17.2 Å². The quantitative estimate of drug-likeness (QED) is 0.610. The Morgan fingerprint density at radius 1 is 1.10 bits per heavy atom. The second-order valence-electron chi connectivity index (χ2n) is 7.39. The third-order valence-electron chi connectivity index (χ3n) is 5.25. The first-order chi connectivity index (χ1) is 14.2. The molecule has 1 fully saturated rings. The summed E-state index contributed by atoms with van der Waals surface area (Å²) in [5, 5.41) is 9.81. The average molecular weight is 410 g/mol. The summed E-state index contributed by atoms with van der Waals surface area (Å²) >= 11 is 1.63. The van der Waals surface area contributed by atoms with Gasteiger partial charge in [-0.1, -0.05) is 24.3 Å². The van der Waals surface area contributed by atoms with Crippen LogP contribution in [0.3, 0.4) is 0 Å². The first-order valence-electron chi connectivity index (χ1n) is 10.1. The second kappa shape index (κ2) is 9.35. The zero-order chi connectivity index (χ0) is 20.1. The van der Waals surface area contributed by atoms with Gasteiger partial charge in [0.05, 0.1) is 10.6 Å². The van der Waals surface area contributed by atoms with E-state index in [1.807, 2.05) is 53.9 Å². The highest BCUT2D eigenvalue weighted by Crippen LogP contribution is 2.25. The molecule has 0 saturated carbocycles. The maximum Gasteiger partial charge on any atom is 0.270 e. The molecule has 29 heavy (non-hydrogen) atoms. The number of benzene rings is 1. The molecule has 3 heterocycles. The fourth-order valence-corrected chi connectivity index (χ4v) is 4.20. The maximum absolute atomic E-state index is 12.9. The predicted molar refractivity (Wildman–Crippen MR) is 118 cm³/mol. The summed E-state index contributed by atoms with van der Waals surface area (Å²) < 4.78 is 1.74. The Balaban J connectivity index is 1.42. The van der Waals surface area contributed by atoms with Gasteiger partial charge < -0.3 is 15.1 Å². The summed E-state index contributed by atoms with van der Waals surface area (Å²) in [7, 11) is 2.16. The third-order valence-corrected chi connectivity index (χ3v) is 6.14. The number of carbonyl (C=O) groups is 1. The van der Waals surface area contributed by atoms with E-state index in [2.05, 4.69) is 22.2 Å². The van der Waals surface area contributed by atoms with Crippen molar-refractivity contribution in [3.05, 3.63) is 59.6 Å². The molecule has 0 bridgehead atoms. The molecular formula is C22H27N5OS. The summed E-state index contributed by atoms with van der Waals surface area (Å²) in [5.74, 6) is -0.0810. The molecule has 1 amide bonds. The molecule has 0 unspecified atom stereocenters. The van der Waals surface area contributed by atoms with E-state index >= 15 is 0 Å². The van der Waals surface area contributed by atoms with Gasteiger partial charge in [-0.2, -0.15) is 5.10 Å². The van der Waals surface area contributed by atoms with Crippen molar-refractivity contribution in [1.29, 1.82) is 0 Å². The van der Waals surface area contributed by atoms with Crippen LogP contribution in [-0.4, -0.2) is 71.8 Å². The van der Waals surface area contributed by atoms with Gasteiger partial charge in [-0.15, -0.1) is 11.3 Å². The molecule has 4 rings (SSSR count). The molecular weight excluding hydrogens is 382 g/mol. The SMILES string of the molecule is CN1CCN(CCCNC(=O)c2cc(-c3cccs3)nn2-c2ccccc2)CC1. The largest absolute Gasteiger partial charge is 0.351 e. The first-order valence-corrected chi connectivity index (χ1v) is 11.0. The van der Waals surface area contributed by atoms with Gasteiger partial charge in [0.15, 0.2) is 0 Å². The predicted octanol–water partition coefficient (Wildman–Crippen LogP) is 2.97. The molecule has 2 aromatic heterocycles. The highest BCUT2D eigenvalue weighted by Gasteiger charge is 2.18. The normalized spacial score (nSPS) is 15.5. The molecule has 1 N–H and O–H groups in total. The lowest BCUT2D eigenvalue weighted by Crippen LogP contribution is -2.45. The molecule has 0 aliphatic carbocycles. The Bertz CT molecular complexity index is 914. The third kappa shape index (κ3) is 4.93. The Hall–Kier alpha value is -2.48. The van der Waals surface area contributed by atoms with Gasteiger partial charge in [0.2, 0.25) is 0 Å². The van der Waals surface area contributed by atoms with E-state index in [1.165, 1.54) is 0 Å². The lowest BCUT2D eigenvalue weighted by molar-refractivity contribution is 0.0941. The van der Waals surface area contributed by atoms with E-state index in [9.17, 15) is 4.79 Å². The fraction of sp³-hybridized carbons (Fsp3) is 0.364. The molecule has 6 nitrogen and oxygen atoms in total. The van der Waals surface area contributed by atoms with Gasteiger partial charge in [-0.05, 0) is 49.7 Å². The van der Waals surface area contributed by atoms with E-state index in [1.54, 1.807) is 16.0 Å². The van der Waals surface area contributed by atoms with Crippen LogP contribution in [0.5, 0.6) is 0 Å². The number of piperazine rings is 1. The number of aromatic nitrogens is 2. The van der Waals surface area contributed by atoms with Crippen molar-refractivity contribution < 1.29 is 4.79 Å². The van der Waals surface area contributed by atoms with E-state index in [0.29, 0.717) is 12.2 Å². The minimum absolute atomic E-state index is 0.0810. The Kier molecular flexibility index (Phi) is 6.39. The van der Waals surface area contributed by atoms with Crippen LogP contribution in [0.4, 0.5) is 0 Å². The molecule has 1 aromatic carbocycles. The van der Waals surface area contributed by atoms with Crippen molar-refractivity contribution in [3.8, 4) is 16.3 Å². The summed E-state index contributed by atoms with van der Waals surface area (Å²) in [4.78, 5) is 18.8. The zero-order valence-corrected chi connectivity index (χ0v) is 17.6. The van der Waals surface area contributed by atoms with Crippen molar-refractivity contribution in [1.82, 2.24) is 24.9 Å². The molecule has 0 spiro atoms. The topological polar surface area (TPSA) is 53.4 Å². The Morgan fingerprint density at radius 3 is 2.62 bits per heavy atom. The molecule has 1 saturated heterocycles. The first kappa shape index (κ1) is 19.8. The Labute approximate surface area is 175 Å². The highest BCUT2D eigenvalue weighted by atomic mass is 32.1. The van der Waals surface area contributed by atoms with Crippen LogP contribution in [0.25, 0.3) is 16.3 Å². The molecule has 152 valence electrons. The van der Waals surface area contributed by atoms with Gasteiger partial charge in [0.25, 0.3) is 5.91 Å². The van der Waals surface area contributed by atoms with Gasteiger partial charge in [0, 0.05) is 32.7 Å². The average Bonchev–Trinajstić information content (AvgIpc) is 3.43. The van der Waals surface area contributed by atoms with Crippen LogP contribution in [0, 0.1) is 0 Å². The Morgan fingerprint density at radius 2 is 1.90 bits per heavy atom. The van der Waals surface area contributed by atoms with E-state index in [4.69, 9.17) is 5.10 Å². The molecule has 7 heteroatoms. The number of nitrogens with zero attached hydrogens (tertiary/aromatic N) is 4. The number of amides is 1. The van der Waals surface area contributed by atoms with Crippen molar-refractivity contribution in [2.24, 2.45) is 0 Å². The number of thiophene rings is 1. The molecule has 1 aliphatic rings. The van der Waals surface area contributed by atoms with Crippen LogP contribution < -0.4 is 5.32 Å². The lowest BCUT2D eigenvalue weighted by atomic mass is 10.2. The van der Waals surface area contributed by atoms with Crippen LogP contribution in [0.1, 0.15) is 16.9 Å². The maximum atomic E-state index is 12.9. The smallest absolute Gasteiger partial charge is 0.270 e. The van der Waals surface area contributed by atoms with Gasteiger partial charge in [-0.3, -0.25) is 4.79 Å². The number of hydrogen-bond acceptors (Lipinski definition) is 5. The van der Waals surface area contributed by atoms with Gasteiger partial charge in [-0.25, -0.2) is 4.68 Å². The number of para-hydroxylation sites is 1. The lowest BCUT2D eigenvalue weighted by Gasteiger charge is -2.32. The van der Waals surface area contributed by atoms with Crippen molar-refractivity contribution in [2.75, 3.05) is 46.3 Å². The monoisotopic (exact) mass is 409 g/mol. The fourth-order valence-electron chi connectivity index (χ4n) is 3.52. The summed E-state index contributed by atoms with van der Waals surface area (Å²) in [5.41, 5.74) is 2.28. The summed E-state index contributed by atoms with van der Waals surface area (Å²) in [6, 6.07) is 15.7. The highest BCUT2D eigenvalue weighted by molar-refractivity contribution is 7.13. The zero-order valence-electron chi connectivity index (χ0n) is 16.8. The van der Waals surface area contributed by atoms with E-state index in [-0.39, 0.29) is 5.91 Å². The molecule has 0 atom stereocenters. The number of nitrogens with one attached hydrogen (secondary N) is 1. The van der Waals surface area contributed by atoms with Crippen LogP contribution >= 0.6 is 11.3 Å². The number of likely N-dealkylation sites (N-methyl/N-ethyl adjacent to an activating group) is 1. The number of hydrogen-bond donors (Lipinski definition) is 1. The van der Waals surface area contributed by atoms with E-state index < -0.39 is 0 Å². The molecule has 1 aliphatic heterocycles. The van der Waals surface area contributed by atoms with Crippen LogP contribution in [-0.2, 0) is 0 Å². The standard InChI is InChI=1S/C22H27N5OS/c1-25-12-14-26(15-13-25)11-6-10-23-22(28)20-17-19(21-9-5-16-29-21)24-27(20)18-7-3-2-4-8-18/h2-5,7-9,16-17H,6,10-15H2,1H3,(H,23,28). The molecule has 3 aromatic rings. The van der Waals surface area contributed by atoms with Crippen LogP contribution in [0.2, 0.25) is 0 Å². The van der Waals surface area contributed by atoms with Crippen LogP contribution in [0.15, 0.2) is 53.9 Å². The summed E-state index contributed by atoms with van der Waals surface area (Å²) in [6.45, 7) is 6.14. The summed E-state index contributed by atoms with van der Waals surface area (Å²) in [6.07, 6.45) is 0.951. The van der Waals surface area contributed by atoms with Crippen molar-refractivity contribution in [2.45, 2.75) is 6.42 Å². The second-order valence-corrected chi connectivity index (χ2v) is 8.34. The van der Waals surface area contributed by atoms with E-state index in [0.717, 1.165) is 55.4 Å². The van der Waals surface area contributed by atoms with Gasteiger partial charge in [0.1, 0.15) is 11.4 Å².